The van der Waals surface area contributed by atoms with Gasteiger partial charge >= 0.3 is 0 Å². The van der Waals surface area contributed by atoms with Gasteiger partial charge in [-0.15, -0.1) is 0 Å². The van der Waals surface area contributed by atoms with Crippen LogP contribution in [0.2, 0.25) is 0 Å². The van der Waals surface area contributed by atoms with Gasteiger partial charge in [0.05, 0.1) is 0 Å². The van der Waals surface area contributed by atoms with E-state index in [0.717, 1.165) is 0 Å². The normalized spacial score (nSPS) is 9.44. The number of hydrogen-bond acceptors (Lipinski definition) is 3. The molecule has 0 saturated carbocycles. The summed E-state index contributed by atoms with van der Waals surface area (Å²) >= 11 is 0. The van der Waals surface area contributed by atoms with Crippen LogP contribution < -0.4 is 0 Å². The summed E-state index contributed by atoms with van der Waals surface area (Å²) in [5.74, 6) is 0.663. The molecule has 1 rings (SSSR count). The molecule has 1 aromatic heterocycles. The Morgan fingerprint density at radius 1 is 1.67 bits per heavy atom. The number of aliphatic hydroxyl groups is 1. The van der Waals surface area contributed by atoms with Crippen molar-refractivity contribution in [3.8, 4) is 0 Å². The van der Waals surface area contributed by atoms with E-state index in [0.29, 0.717) is 12.0 Å². The number of aliphatic hydroxyl groups excluding tert-OH is 1. The predicted octanol–water partition coefficient (Wildman–Crippen LogP) is 0.584. The Bertz CT molecular complexity index is 202. The van der Waals surface area contributed by atoms with Crippen molar-refractivity contribution in [1.82, 2.24) is 0 Å². The topological polar surface area (TPSA) is 50.4 Å². The fourth-order valence-electron chi connectivity index (χ4n) is 0.543. The Hall–Kier alpha value is -1.09. The molecule has 0 unspecified atom stereocenters. The van der Waals surface area contributed by atoms with Gasteiger partial charge in [0, 0.05) is 0 Å². The van der Waals surface area contributed by atoms with Crippen LogP contribution in [-0.4, -0.2) is 11.4 Å². The first-order chi connectivity index (χ1) is 4.36. The van der Waals surface area contributed by atoms with E-state index >= 15 is 0 Å². The first-order valence-electron chi connectivity index (χ1n) is 2.51. The van der Waals surface area contributed by atoms with Crippen LogP contribution in [0.25, 0.3) is 0 Å². The van der Waals surface area contributed by atoms with Crippen LogP contribution in [0.3, 0.4) is 0 Å². The van der Waals surface area contributed by atoms with E-state index in [1.165, 1.54) is 6.07 Å². The summed E-state index contributed by atoms with van der Waals surface area (Å²) in [7, 11) is 0. The summed E-state index contributed by atoms with van der Waals surface area (Å²) in [6.45, 7) is -0.159. The SMILES string of the molecule is O=Cc1ccc(C[18OH])o1. The van der Waals surface area contributed by atoms with Gasteiger partial charge in [-0.2, -0.15) is 0 Å². The highest BCUT2D eigenvalue weighted by molar-refractivity contribution is 5.70. The van der Waals surface area contributed by atoms with E-state index in [1.54, 1.807) is 6.07 Å². The molecular weight excluding hydrogens is 122 g/mol. The van der Waals surface area contributed by atoms with Crippen LogP contribution in [0.1, 0.15) is 16.3 Å². The second kappa shape index (κ2) is 2.46. The standard InChI is InChI=1S/C6H6O3/c7-3-5-1-2-6(4-8)9-5/h1-3,8H,4H2/i8+2. The van der Waals surface area contributed by atoms with Crippen LogP contribution in [-0.2, 0) is 6.61 Å². The third-order valence-corrected chi connectivity index (χ3v) is 0.954. The summed E-state index contributed by atoms with van der Waals surface area (Å²) in [6, 6.07) is 3.07. The lowest BCUT2D eigenvalue weighted by Crippen LogP contribution is -1.74. The van der Waals surface area contributed by atoms with E-state index in [9.17, 15) is 4.79 Å². The molecule has 48 valence electrons. The quantitative estimate of drug-likeness (QED) is 0.468. The van der Waals surface area contributed by atoms with Crippen molar-refractivity contribution >= 4 is 6.29 Å². The third-order valence-electron chi connectivity index (χ3n) is 0.954. The molecular formula is C6H6O3. The maximum Gasteiger partial charge on any atom is 0.185 e. The molecule has 1 heterocycles. The van der Waals surface area contributed by atoms with Crippen molar-refractivity contribution in [3.05, 3.63) is 23.7 Å². The largest absolute Gasteiger partial charge is 0.456 e. The fourth-order valence-corrected chi connectivity index (χ4v) is 0.543. The smallest absolute Gasteiger partial charge is 0.185 e. The van der Waals surface area contributed by atoms with Crippen molar-refractivity contribution in [2.24, 2.45) is 0 Å². The molecule has 0 radical (unpaired) electrons. The highest BCUT2D eigenvalue weighted by Gasteiger charge is 1.96. The van der Waals surface area contributed by atoms with Gasteiger partial charge in [-0.25, -0.2) is 0 Å². The first-order valence-corrected chi connectivity index (χ1v) is 2.51. The average Bonchev–Trinajstić information content (AvgIpc) is 2.34. The molecule has 9 heavy (non-hydrogen) atoms. The maximum absolute atomic E-state index is 9.96. The van der Waals surface area contributed by atoms with Gasteiger partial charge < -0.3 is 9.52 Å². The molecule has 0 bridgehead atoms. The van der Waals surface area contributed by atoms with Crippen molar-refractivity contribution in [1.29, 1.82) is 0 Å². The molecule has 1 aromatic rings. The Labute approximate surface area is 51.9 Å². The Morgan fingerprint density at radius 2 is 2.44 bits per heavy atom. The molecule has 3 nitrogen and oxygen atoms in total. The molecule has 0 aliphatic rings. The zero-order valence-electron chi connectivity index (χ0n) is 4.70. The summed E-state index contributed by atoms with van der Waals surface area (Å²) in [4.78, 5) is 9.96. The van der Waals surface area contributed by atoms with Crippen LogP contribution >= 0.6 is 0 Å². The second-order valence-corrected chi connectivity index (χ2v) is 1.58. The number of hydrogen-bond donors (Lipinski definition) is 1. The van der Waals surface area contributed by atoms with Gasteiger partial charge in [0.1, 0.15) is 12.4 Å². The number of carbonyl (C=O) groups is 1. The van der Waals surface area contributed by atoms with Gasteiger partial charge in [0.2, 0.25) is 0 Å². The monoisotopic (exact) mass is 128 g/mol. The summed E-state index contributed by atoms with van der Waals surface area (Å²) < 4.78 is 4.76. The highest BCUT2D eigenvalue weighted by atomic mass is 18.2. The second-order valence-electron chi connectivity index (χ2n) is 1.58. The summed E-state index contributed by atoms with van der Waals surface area (Å²) in [5.41, 5.74) is 0. The van der Waals surface area contributed by atoms with E-state index in [4.69, 9.17) is 9.52 Å². The zero-order chi connectivity index (χ0) is 6.69. The highest BCUT2D eigenvalue weighted by Crippen LogP contribution is 2.03. The van der Waals surface area contributed by atoms with Gasteiger partial charge in [-0.05, 0) is 12.1 Å². The van der Waals surface area contributed by atoms with E-state index < -0.39 is 0 Å². The summed E-state index contributed by atoms with van der Waals surface area (Å²) in [6.07, 6.45) is 0.596. The van der Waals surface area contributed by atoms with Crippen LogP contribution in [0.15, 0.2) is 16.5 Å². The number of rotatable bonds is 2. The van der Waals surface area contributed by atoms with Crippen LogP contribution in [0.5, 0.6) is 0 Å². The molecule has 0 aliphatic heterocycles. The van der Waals surface area contributed by atoms with Gasteiger partial charge in [-0.1, -0.05) is 0 Å². The van der Waals surface area contributed by atoms with Gasteiger partial charge in [0.25, 0.3) is 0 Å². The predicted molar refractivity (Wildman–Crippen MR) is 30.0 cm³/mol. The van der Waals surface area contributed by atoms with E-state index in [1.807, 2.05) is 0 Å². The lowest BCUT2D eigenvalue weighted by molar-refractivity contribution is 0.109. The fraction of sp³-hybridized carbons (Fsp3) is 0.167. The minimum absolute atomic E-state index is 0.159. The third kappa shape index (κ3) is 1.17. The van der Waals surface area contributed by atoms with Crippen LogP contribution in [0, 0.1) is 0 Å². The summed E-state index contributed by atoms with van der Waals surface area (Å²) in [5, 5.41) is 8.44. The lowest BCUT2D eigenvalue weighted by atomic mass is 10.4. The van der Waals surface area contributed by atoms with Crippen LogP contribution in [0.4, 0.5) is 0 Å². The molecule has 0 atom stereocenters. The number of aldehydes is 1. The minimum Gasteiger partial charge on any atom is -0.456 e. The Balaban J connectivity index is 2.86. The molecule has 0 saturated heterocycles. The van der Waals surface area contributed by atoms with Gasteiger partial charge in [0.15, 0.2) is 12.0 Å². The van der Waals surface area contributed by atoms with Crippen molar-refractivity contribution < 1.29 is 14.3 Å². The van der Waals surface area contributed by atoms with E-state index in [2.05, 4.69) is 0 Å². The average molecular weight is 128 g/mol. The Kier molecular flexibility index (Phi) is 1.65. The maximum atomic E-state index is 9.96. The van der Waals surface area contributed by atoms with Crippen molar-refractivity contribution in [3.63, 3.8) is 0 Å². The molecule has 0 fully saturated rings. The molecule has 0 aromatic carbocycles. The minimum atomic E-state index is -0.159. The first kappa shape index (κ1) is 6.04. The zero-order valence-corrected chi connectivity index (χ0v) is 4.70. The molecule has 0 spiro atoms. The number of carbonyl (C=O) groups excluding carboxylic acids is 1. The molecule has 1 N–H and O–H groups in total. The molecule has 3 heteroatoms. The van der Waals surface area contributed by atoms with Crippen molar-refractivity contribution in [2.45, 2.75) is 6.61 Å². The van der Waals surface area contributed by atoms with Gasteiger partial charge in [-0.3, -0.25) is 4.79 Å². The van der Waals surface area contributed by atoms with E-state index in [-0.39, 0.29) is 12.4 Å². The molecule has 0 aliphatic carbocycles. The Morgan fingerprint density at radius 3 is 2.78 bits per heavy atom. The lowest BCUT2D eigenvalue weighted by Gasteiger charge is -1.82. The van der Waals surface area contributed by atoms with Crippen molar-refractivity contribution in [2.75, 3.05) is 0 Å². The molecule has 0 amide bonds. The number of furan rings is 1.